The zero-order chi connectivity index (χ0) is 13.1. The van der Waals surface area contributed by atoms with Crippen LogP contribution in [0.15, 0.2) is 24.3 Å². The van der Waals surface area contributed by atoms with Gasteiger partial charge in [0.1, 0.15) is 0 Å². The topological polar surface area (TPSA) is 15.3 Å². The van der Waals surface area contributed by atoms with Gasteiger partial charge in [0.25, 0.3) is 0 Å². The van der Waals surface area contributed by atoms with Crippen molar-refractivity contribution in [1.82, 2.24) is 10.2 Å². The number of hydrogen-bond donors (Lipinski definition) is 1. The fourth-order valence-corrected chi connectivity index (χ4v) is 3.77. The maximum atomic E-state index is 3.81. The third-order valence-electron chi connectivity index (χ3n) is 4.92. The van der Waals surface area contributed by atoms with Gasteiger partial charge >= 0.3 is 0 Å². The molecule has 2 nitrogen and oxygen atoms in total. The predicted octanol–water partition coefficient (Wildman–Crippen LogP) is 2.75. The molecule has 2 aliphatic heterocycles. The standard InChI is InChI=1S/C17H26N2/c1-14-6-2-3-7-15(14)9-11-18-16-10-13-19-12-5-4-8-17(16)19/h2-3,6-7,16-18H,4-5,8-13H2,1H3. The van der Waals surface area contributed by atoms with Crippen molar-refractivity contribution >= 4 is 0 Å². The molecule has 19 heavy (non-hydrogen) atoms. The lowest BCUT2D eigenvalue weighted by atomic mass is 9.98. The second-order valence-corrected chi connectivity index (χ2v) is 6.12. The van der Waals surface area contributed by atoms with Crippen LogP contribution in [-0.4, -0.2) is 36.6 Å². The van der Waals surface area contributed by atoms with Gasteiger partial charge in [-0.25, -0.2) is 0 Å². The van der Waals surface area contributed by atoms with Crippen molar-refractivity contribution in [3.8, 4) is 0 Å². The molecule has 1 aromatic carbocycles. The van der Waals surface area contributed by atoms with Gasteiger partial charge in [-0.3, -0.25) is 4.90 Å². The molecule has 2 unspecified atom stereocenters. The molecule has 0 bridgehead atoms. The van der Waals surface area contributed by atoms with Crippen LogP contribution in [0.3, 0.4) is 0 Å². The van der Waals surface area contributed by atoms with Crippen molar-refractivity contribution in [1.29, 1.82) is 0 Å². The van der Waals surface area contributed by atoms with E-state index in [1.807, 2.05) is 0 Å². The van der Waals surface area contributed by atoms with Gasteiger partial charge in [-0.05, 0) is 56.8 Å². The fraction of sp³-hybridized carbons (Fsp3) is 0.647. The van der Waals surface area contributed by atoms with E-state index in [0.717, 1.165) is 25.0 Å². The van der Waals surface area contributed by atoms with Crippen molar-refractivity contribution in [3.05, 3.63) is 35.4 Å². The monoisotopic (exact) mass is 258 g/mol. The Labute approximate surface area is 117 Å². The first-order chi connectivity index (χ1) is 9.34. The molecule has 2 fully saturated rings. The molecule has 2 heterocycles. The van der Waals surface area contributed by atoms with Gasteiger partial charge in [0.2, 0.25) is 0 Å². The minimum absolute atomic E-state index is 0.740. The smallest absolute Gasteiger partial charge is 0.0249 e. The Hall–Kier alpha value is -0.860. The number of nitrogens with one attached hydrogen (secondary N) is 1. The van der Waals surface area contributed by atoms with Crippen LogP contribution in [0.25, 0.3) is 0 Å². The zero-order valence-corrected chi connectivity index (χ0v) is 12.1. The van der Waals surface area contributed by atoms with Crippen LogP contribution in [0.4, 0.5) is 0 Å². The third kappa shape index (κ3) is 3.01. The van der Waals surface area contributed by atoms with E-state index in [0.29, 0.717) is 0 Å². The third-order valence-corrected chi connectivity index (χ3v) is 4.92. The molecule has 1 aromatic rings. The SMILES string of the molecule is Cc1ccccc1CCNC1CCN2CCCCC12. The lowest BCUT2D eigenvalue weighted by molar-refractivity contribution is 0.181. The molecule has 0 radical (unpaired) electrons. The summed E-state index contributed by atoms with van der Waals surface area (Å²) >= 11 is 0. The van der Waals surface area contributed by atoms with Crippen LogP contribution in [0.5, 0.6) is 0 Å². The van der Waals surface area contributed by atoms with Crippen LogP contribution in [0, 0.1) is 6.92 Å². The number of fused-ring (bicyclic) bond motifs is 1. The first-order valence-corrected chi connectivity index (χ1v) is 7.86. The predicted molar refractivity (Wildman–Crippen MR) is 80.5 cm³/mol. The van der Waals surface area contributed by atoms with Crippen LogP contribution in [0.1, 0.15) is 36.8 Å². The Bertz CT molecular complexity index is 415. The molecule has 1 N–H and O–H groups in total. The Morgan fingerprint density at radius 2 is 2.05 bits per heavy atom. The summed E-state index contributed by atoms with van der Waals surface area (Å²) in [6.07, 6.45) is 6.75. The summed E-state index contributed by atoms with van der Waals surface area (Å²) in [5, 5.41) is 3.81. The van der Waals surface area contributed by atoms with Gasteiger partial charge in [0.05, 0.1) is 0 Å². The molecule has 0 spiro atoms. The molecule has 2 atom stereocenters. The minimum Gasteiger partial charge on any atom is -0.312 e. The Morgan fingerprint density at radius 1 is 1.16 bits per heavy atom. The molecule has 0 aliphatic carbocycles. The molecule has 0 aromatic heterocycles. The highest BCUT2D eigenvalue weighted by molar-refractivity contribution is 5.25. The molecule has 2 heteroatoms. The van der Waals surface area contributed by atoms with Crippen molar-refractivity contribution in [3.63, 3.8) is 0 Å². The van der Waals surface area contributed by atoms with Crippen molar-refractivity contribution in [2.75, 3.05) is 19.6 Å². The molecule has 3 rings (SSSR count). The molecule has 0 amide bonds. The van der Waals surface area contributed by atoms with E-state index >= 15 is 0 Å². The van der Waals surface area contributed by atoms with Crippen molar-refractivity contribution < 1.29 is 0 Å². The van der Waals surface area contributed by atoms with Gasteiger partial charge in [0.15, 0.2) is 0 Å². The van der Waals surface area contributed by atoms with Gasteiger partial charge in [-0.1, -0.05) is 30.7 Å². The van der Waals surface area contributed by atoms with Gasteiger partial charge in [0, 0.05) is 18.6 Å². The molecule has 104 valence electrons. The Morgan fingerprint density at radius 3 is 2.95 bits per heavy atom. The van der Waals surface area contributed by atoms with Crippen molar-refractivity contribution in [2.24, 2.45) is 0 Å². The number of nitrogens with zero attached hydrogens (tertiary/aromatic N) is 1. The quantitative estimate of drug-likeness (QED) is 0.893. The van der Waals surface area contributed by atoms with E-state index in [1.54, 1.807) is 0 Å². The number of piperidine rings is 1. The first-order valence-electron chi connectivity index (χ1n) is 7.86. The van der Waals surface area contributed by atoms with Gasteiger partial charge in [-0.2, -0.15) is 0 Å². The summed E-state index contributed by atoms with van der Waals surface area (Å²) in [5.41, 5.74) is 2.92. The average Bonchev–Trinajstić information content (AvgIpc) is 2.85. The highest BCUT2D eigenvalue weighted by Crippen LogP contribution is 2.27. The summed E-state index contributed by atoms with van der Waals surface area (Å²) in [6, 6.07) is 10.3. The van der Waals surface area contributed by atoms with E-state index in [2.05, 4.69) is 41.4 Å². The fourth-order valence-electron chi connectivity index (χ4n) is 3.77. The minimum atomic E-state index is 0.740. The van der Waals surface area contributed by atoms with E-state index in [9.17, 15) is 0 Å². The summed E-state index contributed by atoms with van der Waals surface area (Å²) in [7, 11) is 0. The largest absolute Gasteiger partial charge is 0.312 e. The molecule has 2 aliphatic rings. The number of benzene rings is 1. The summed E-state index contributed by atoms with van der Waals surface area (Å²) < 4.78 is 0. The lowest BCUT2D eigenvalue weighted by Gasteiger charge is -2.32. The highest BCUT2D eigenvalue weighted by Gasteiger charge is 2.34. The Kier molecular flexibility index (Phi) is 4.19. The summed E-state index contributed by atoms with van der Waals surface area (Å²) in [5.74, 6) is 0. The second kappa shape index (κ2) is 6.06. The molecular weight excluding hydrogens is 232 g/mol. The molecule has 2 saturated heterocycles. The maximum Gasteiger partial charge on any atom is 0.0249 e. The molecular formula is C17H26N2. The van der Waals surface area contributed by atoms with Crippen LogP contribution in [0.2, 0.25) is 0 Å². The van der Waals surface area contributed by atoms with Crippen molar-refractivity contribution in [2.45, 2.75) is 51.1 Å². The average molecular weight is 258 g/mol. The second-order valence-electron chi connectivity index (χ2n) is 6.12. The van der Waals surface area contributed by atoms with Gasteiger partial charge < -0.3 is 5.32 Å². The number of hydrogen-bond acceptors (Lipinski definition) is 2. The summed E-state index contributed by atoms with van der Waals surface area (Å²) in [6.45, 7) is 5.99. The van der Waals surface area contributed by atoms with Gasteiger partial charge in [-0.15, -0.1) is 0 Å². The van der Waals surface area contributed by atoms with E-state index < -0.39 is 0 Å². The number of aryl methyl sites for hydroxylation is 1. The van der Waals surface area contributed by atoms with E-state index in [-0.39, 0.29) is 0 Å². The first kappa shape index (κ1) is 13.1. The maximum absolute atomic E-state index is 3.81. The van der Waals surface area contributed by atoms with Crippen LogP contribution >= 0.6 is 0 Å². The normalized spacial score (nSPS) is 27.4. The van der Waals surface area contributed by atoms with Crippen LogP contribution < -0.4 is 5.32 Å². The van der Waals surface area contributed by atoms with E-state index in [4.69, 9.17) is 0 Å². The molecule has 0 saturated carbocycles. The van der Waals surface area contributed by atoms with E-state index in [1.165, 1.54) is 49.9 Å². The summed E-state index contributed by atoms with van der Waals surface area (Å²) in [4.78, 5) is 2.70. The lowest BCUT2D eigenvalue weighted by Crippen LogP contribution is -2.45. The zero-order valence-electron chi connectivity index (χ0n) is 12.1. The highest BCUT2D eigenvalue weighted by atomic mass is 15.2. The number of rotatable bonds is 4. The van der Waals surface area contributed by atoms with Crippen LogP contribution in [-0.2, 0) is 6.42 Å². The Balaban J connectivity index is 1.49.